The van der Waals surface area contributed by atoms with E-state index in [1.54, 1.807) is 0 Å². The fraction of sp³-hybridized carbons (Fsp3) is 0.750. The lowest BCUT2D eigenvalue weighted by Gasteiger charge is -2.22. The molecule has 0 fully saturated rings. The third-order valence-corrected chi connectivity index (χ3v) is 6.52. The second kappa shape index (κ2) is 4.90. The molecule has 4 heteroatoms. The van der Waals surface area contributed by atoms with E-state index in [0.717, 1.165) is 25.7 Å². The number of halogens is 3. The van der Waals surface area contributed by atoms with Gasteiger partial charge in [0.15, 0.2) is 0 Å². The van der Waals surface area contributed by atoms with E-state index in [9.17, 15) is 0 Å². The van der Waals surface area contributed by atoms with E-state index in [1.165, 1.54) is 6.42 Å². The second-order valence-electron chi connectivity index (χ2n) is 3.22. The predicted molar refractivity (Wildman–Crippen MR) is 59.3 cm³/mol. The average molecular weight is 244 g/mol. The molecule has 1 aliphatic rings. The van der Waals surface area contributed by atoms with Crippen LogP contribution in [0.3, 0.4) is 0 Å². The third-order valence-electron chi connectivity index (χ3n) is 2.23. The Bertz CT molecular complexity index is 162. The van der Waals surface area contributed by atoms with Crippen molar-refractivity contribution in [2.45, 2.75) is 37.6 Å². The van der Waals surface area contributed by atoms with Crippen LogP contribution in [-0.2, 0) is 0 Å². The maximum Gasteiger partial charge on any atom is 0.344 e. The zero-order valence-electron chi connectivity index (χ0n) is 6.90. The van der Waals surface area contributed by atoms with E-state index in [2.05, 4.69) is 12.2 Å². The van der Waals surface area contributed by atoms with Crippen molar-refractivity contribution in [2.75, 3.05) is 0 Å². The van der Waals surface area contributed by atoms with Crippen LogP contribution in [0, 0.1) is 0 Å². The van der Waals surface area contributed by atoms with Crippen molar-refractivity contribution in [1.82, 2.24) is 0 Å². The summed E-state index contributed by atoms with van der Waals surface area (Å²) in [6, 6.07) is -2.43. The lowest BCUT2D eigenvalue weighted by Crippen LogP contribution is -2.20. The summed E-state index contributed by atoms with van der Waals surface area (Å²) in [5.74, 6) is 0. The van der Waals surface area contributed by atoms with Gasteiger partial charge in [0.25, 0.3) is 0 Å². The number of allylic oxidation sites excluding steroid dienone is 2. The fourth-order valence-electron chi connectivity index (χ4n) is 1.49. The molecule has 0 radical (unpaired) electrons. The highest BCUT2D eigenvalue weighted by Crippen LogP contribution is 2.41. The standard InChI is InChI=1S/C8H13Cl3Si/c9-12(10,11)8-6-4-2-1-3-5-7-8/h1-2,8H,3-7H2/b2-1+. The monoisotopic (exact) mass is 242 g/mol. The zero-order chi connectivity index (χ0) is 9.03. The molecule has 1 aliphatic carbocycles. The van der Waals surface area contributed by atoms with Gasteiger partial charge in [-0.15, -0.1) is 33.2 Å². The van der Waals surface area contributed by atoms with Gasteiger partial charge in [-0.2, -0.15) is 0 Å². The molecule has 0 nitrogen and oxygen atoms in total. The summed E-state index contributed by atoms with van der Waals surface area (Å²) >= 11 is 18.0. The van der Waals surface area contributed by atoms with Crippen LogP contribution in [0.4, 0.5) is 0 Å². The quantitative estimate of drug-likeness (QED) is 0.361. The predicted octanol–water partition coefficient (Wildman–Crippen LogP) is 4.53. The van der Waals surface area contributed by atoms with E-state index >= 15 is 0 Å². The molecule has 0 bridgehead atoms. The molecule has 0 aromatic carbocycles. The Hall–Kier alpha value is 0.827. The normalized spacial score (nSPS) is 29.1. The highest BCUT2D eigenvalue weighted by molar-refractivity contribution is 7.65. The molecule has 0 aromatic rings. The third kappa shape index (κ3) is 3.69. The van der Waals surface area contributed by atoms with Gasteiger partial charge >= 0.3 is 6.00 Å². The van der Waals surface area contributed by atoms with Crippen molar-refractivity contribution in [3.05, 3.63) is 12.2 Å². The van der Waals surface area contributed by atoms with E-state index in [0.29, 0.717) is 5.54 Å². The molecule has 1 unspecified atom stereocenters. The largest absolute Gasteiger partial charge is 0.344 e. The smallest absolute Gasteiger partial charge is 0.126 e. The van der Waals surface area contributed by atoms with Gasteiger partial charge in [0.2, 0.25) is 0 Å². The first-order chi connectivity index (χ1) is 5.61. The molecule has 0 spiro atoms. The summed E-state index contributed by atoms with van der Waals surface area (Å²) in [5, 5.41) is 0. The lowest BCUT2D eigenvalue weighted by molar-refractivity contribution is 0.631. The SMILES string of the molecule is Cl[Si](Cl)(Cl)C1CC/C=C/CCC1. The van der Waals surface area contributed by atoms with Gasteiger partial charge in [0, 0.05) is 0 Å². The summed E-state index contributed by atoms with van der Waals surface area (Å²) in [5.41, 5.74) is 0.368. The summed E-state index contributed by atoms with van der Waals surface area (Å²) < 4.78 is 0. The van der Waals surface area contributed by atoms with Crippen LogP contribution in [-0.4, -0.2) is 6.00 Å². The zero-order valence-corrected chi connectivity index (χ0v) is 10.2. The Morgan fingerprint density at radius 3 is 2.33 bits per heavy atom. The van der Waals surface area contributed by atoms with Crippen molar-refractivity contribution in [1.29, 1.82) is 0 Å². The molecular formula is C8H13Cl3Si. The second-order valence-corrected chi connectivity index (χ2v) is 12.2. The van der Waals surface area contributed by atoms with Gasteiger partial charge in [-0.3, -0.25) is 0 Å². The van der Waals surface area contributed by atoms with Gasteiger partial charge < -0.3 is 0 Å². The molecule has 12 heavy (non-hydrogen) atoms. The van der Waals surface area contributed by atoms with E-state index in [-0.39, 0.29) is 0 Å². The summed E-state index contributed by atoms with van der Waals surface area (Å²) in [6.07, 6.45) is 9.97. The van der Waals surface area contributed by atoms with Crippen LogP contribution >= 0.6 is 33.2 Å². The van der Waals surface area contributed by atoms with Crippen LogP contribution < -0.4 is 0 Å². The summed E-state index contributed by atoms with van der Waals surface area (Å²) in [6.45, 7) is 0. The van der Waals surface area contributed by atoms with Crippen molar-refractivity contribution in [2.24, 2.45) is 0 Å². The average Bonchev–Trinajstić information content (AvgIpc) is 1.81. The Labute approximate surface area is 89.0 Å². The molecule has 0 saturated carbocycles. The molecule has 1 atom stereocenters. The maximum absolute atomic E-state index is 5.98. The Balaban J connectivity index is 2.48. The highest BCUT2D eigenvalue weighted by Gasteiger charge is 2.35. The van der Waals surface area contributed by atoms with E-state index in [1.807, 2.05) is 0 Å². The molecule has 0 saturated heterocycles. The van der Waals surface area contributed by atoms with Crippen LogP contribution in [0.5, 0.6) is 0 Å². The minimum absolute atomic E-state index is 0.368. The Morgan fingerprint density at radius 2 is 1.67 bits per heavy atom. The summed E-state index contributed by atoms with van der Waals surface area (Å²) in [4.78, 5) is 0. The Morgan fingerprint density at radius 1 is 1.00 bits per heavy atom. The maximum atomic E-state index is 5.98. The van der Waals surface area contributed by atoms with Crippen LogP contribution in [0.1, 0.15) is 32.1 Å². The molecule has 0 amide bonds. The van der Waals surface area contributed by atoms with E-state index in [4.69, 9.17) is 33.2 Å². The molecule has 70 valence electrons. The number of hydrogen-bond donors (Lipinski definition) is 0. The molecule has 1 rings (SSSR count). The van der Waals surface area contributed by atoms with Gasteiger partial charge in [-0.1, -0.05) is 12.2 Å². The first-order valence-electron chi connectivity index (χ1n) is 4.32. The first kappa shape index (κ1) is 10.9. The van der Waals surface area contributed by atoms with Crippen molar-refractivity contribution in [3.63, 3.8) is 0 Å². The van der Waals surface area contributed by atoms with Gasteiger partial charge in [-0.05, 0) is 37.6 Å². The Kier molecular flexibility index (Phi) is 4.45. The molecule has 0 aromatic heterocycles. The molecular weight excluding hydrogens is 231 g/mol. The molecule has 0 aliphatic heterocycles. The van der Waals surface area contributed by atoms with Crippen LogP contribution in [0.15, 0.2) is 12.2 Å². The summed E-state index contributed by atoms with van der Waals surface area (Å²) in [7, 11) is 0. The number of rotatable bonds is 1. The number of hydrogen-bond acceptors (Lipinski definition) is 0. The van der Waals surface area contributed by atoms with E-state index < -0.39 is 6.00 Å². The molecule has 0 heterocycles. The topological polar surface area (TPSA) is 0 Å². The minimum Gasteiger partial charge on any atom is -0.126 e. The van der Waals surface area contributed by atoms with Crippen LogP contribution in [0.25, 0.3) is 0 Å². The minimum atomic E-state index is -2.43. The van der Waals surface area contributed by atoms with Crippen LogP contribution in [0.2, 0.25) is 5.54 Å². The van der Waals surface area contributed by atoms with Gasteiger partial charge in [0.1, 0.15) is 0 Å². The fourth-order valence-corrected chi connectivity index (χ4v) is 4.48. The van der Waals surface area contributed by atoms with Crippen molar-refractivity contribution in [3.8, 4) is 0 Å². The van der Waals surface area contributed by atoms with Crippen molar-refractivity contribution < 1.29 is 0 Å². The highest BCUT2D eigenvalue weighted by atomic mass is 35.8. The first-order valence-corrected chi connectivity index (χ1v) is 9.43. The van der Waals surface area contributed by atoms with Crippen molar-refractivity contribution >= 4 is 39.2 Å². The lowest BCUT2D eigenvalue weighted by atomic mass is 10.1. The van der Waals surface area contributed by atoms with Gasteiger partial charge in [-0.25, -0.2) is 0 Å². The van der Waals surface area contributed by atoms with Gasteiger partial charge in [0.05, 0.1) is 0 Å². The molecule has 0 N–H and O–H groups in total.